The molecule has 132 valence electrons. The maximum Gasteiger partial charge on any atom is 0.272 e. The summed E-state index contributed by atoms with van der Waals surface area (Å²) < 4.78 is 0. The molecule has 1 saturated heterocycles. The average Bonchev–Trinajstić information content (AvgIpc) is 2.60. The molecule has 0 N–H and O–H groups in total. The minimum Gasteiger partial charge on any atom is -0.337 e. The molecule has 0 radical (unpaired) electrons. The molecule has 1 amide bonds. The third kappa shape index (κ3) is 4.63. The van der Waals surface area contributed by atoms with Crippen LogP contribution in [0.2, 0.25) is 0 Å². The lowest BCUT2D eigenvalue weighted by Crippen LogP contribution is -2.39. The van der Waals surface area contributed by atoms with Gasteiger partial charge in [-0.25, -0.2) is 4.98 Å². The van der Waals surface area contributed by atoms with Crippen LogP contribution in [0.1, 0.15) is 47.1 Å². The van der Waals surface area contributed by atoms with Crippen LogP contribution in [0, 0.1) is 19.8 Å². The van der Waals surface area contributed by atoms with Crippen molar-refractivity contribution < 1.29 is 4.79 Å². The monoisotopic (exact) mass is 354 g/mol. The molecular formula is C21H26N2OS. The Hall–Kier alpha value is -1.81. The molecule has 1 aromatic heterocycles. The van der Waals surface area contributed by atoms with Gasteiger partial charge in [-0.15, -0.1) is 11.8 Å². The average molecular weight is 355 g/mol. The summed E-state index contributed by atoms with van der Waals surface area (Å²) >= 11 is 1.78. The first-order valence-corrected chi connectivity index (χ1v) is 9.97. The van der Waals surface area contributed by atoms with Crippen LogP contribution < -0.4 is 0 Å². The van der Waals surface area contributed by atoms with E-state index in [1.165, 1.54) is 22.4 Å². The van der Waals surface area contributed by atoms with Crippen LogP contribution in [-0.2, 0) is 5.75 Å². The van der Waals surface area contributed by atoms with Crippen LogP contribution in [0.15, 0.2) is 41.3 Å². The Bertz CT molecular complexity index is 759. The fraction of sp³-hybridized carbons (Fsp3) is 0.429. The van der Waals surface area contributed by atoms with E-state index in [1.807, 2.05) is 23.1 Å². The summed E-state index contributed by atoms with van der Waals surface area (Å²) in [5.74, 6) is 1.44. The minimum absolute atomic E-state index is 0.0740. The van der Waals surface area contributed by atoms with Crippen LogP contribution in [0.5, 0.6) is 0 Å². The topological polar surface area (TPSA) is 33.2 Å². The molecule has 0 bridgehead atoms. The summed E-state index contributed by atoms with van der Waals surface area (Å²) in [7, 11) is 0. The van der Waals surface area contributed by atoms with E-state index in [2.05, 4.69) is 44.0 Å². The van der Waals surface area contributed by atoms with Crippen molar-refractivity contribution in [2.45, 2.75) is 44.3 Å². The summed E-state index contributed by atoms with van der Waals surface area (Å²) in [6.45, 7) is 8.16. The standard InChI is InChI=1S/C21H26N2OS/c1-15-9-10-20(17(3)12-15)25-14-18-7-4-8-19(22-18)21(24)23-11-5-6-16(2)13-23/h4,7-10,12,16H,5-6,11,13-14H2,1-3H3. The Kier molecular flexibility index (Phi) is 5.79. The molecule has 4 heteroatoms. The molecule has 1 aromatic carbocycles. The zero-order valence-corrected chi connectivity index (χ0v) is 16.1. The number of carbonyl (C=O) groups excluding carboxylic acids is 1. The number of likely N-dealkylation sites (tertiary alicyclic amines) is 1. The van der Waals surface area contributed by atoms with Gasteiger partial charge in [0.25, 0.3) is 5.91 Å². The van der Waals surface area contributed by atoms with Crippen LogP contribution >= 0.6 is 11.8 Å². The highest BCUT2D eigenvalue weighted by atomic mass is 32.2. The minimum atomic E-state index is 0.0740. The molecule has 1 aliphatic heterocycles. The zero-order valence-electron chi connectivity index (χ0n) is 15.3. The Balaban J connectivity index is 1.67. The largest absolute Gasteiger partial charge is 0.337 e. The molecule has 0 saturated carbocycles. The molecule has 0 aliphatic carbocycles. The maximum atomic E-state index is 12.7. The van der Waals surface area contributed by atoms with Crippen molar-refractivity contribution in [3.05, 3.63) is 58.9 Å². The van der Waals surface area contributed by atoms with Gasteiger partial charge in [0, 0.05) is 23.7 Å². The van der Waals surface area contributed by atoms with Crippen molar-refractivity contribution >= 4 is 17.7 Å². The van der Waals surface area contributed by atoms with Crippen molar-refractivity contribution in [1.82, 2.24) is 9.88 Å². The van der Waals surface area contributed by atoms with Gasteiger partial charge >= 0.3 is 0 Å². The molecule has 2 heterocycles. The van der Waals surface area contributed by atoms with Crippen molar-refractivity contribution in [2.75, 3.05) is 13.1 Å². The van der Waals surface area contributed by atoms with Gasteiger partial charge in [-0.3, -0.25) is 4.79 Å². The number of rotatable bonds is 4. The first kappa shape index (κ1) is 18.0. The van der Waals surface area contributed by atoms with Gasteiger partial charge in [-0.05, 0) is 56.4 Å². The third-order valence-electron chi connectivity index (χ3n) is 4.68. The first-order valence-electron chi connectivity index (χ1n) is 8.98. The van der Waals surface area contributed by atoms with E-state index < -0.39 is 0 Å². The van der Waals surface area contributed by atoms with E-state index in [4.69, 9.17) is 0 Å². The van der Waals surface area contributed by atoms with E-state index in [0.717, 1.165) is 31.0 Å². The van der Waals surface area contributed by atoms with Gasteiger partial charge in [0.05, 0.1) is 5.69 Å². The van der Waals surface area contributed by atoms with Crippen molar-refractivity contribution in [3.8, 4) is 0 Å². The number of pyridine rings is 1. The third-order valence-corrected chi connectivity index (χ3v) is 5.89. The van der Waals surface area contributed by atoms with Gasteiger partial charge in [-0.1, -0.05) is 30.7 Å². The van der Waals surface area contributed by atoms with Crippen molar-refractivity contribution in [2.24, 2.45) is 5.92 Å². The molecule has 0 spiro atoms. The van der Waals surface area contributed by atoms with Crippen LogP contribution in [0.3, 0.4) is 0 Å². The number of piperidine rings is 1. The Morgan fingerprint density at radius 3 is 2.88 bits per heavy atom. The van der Waals surface area contributed by atoms with E-state index in [9.17, 15) is 4.79 Å². The molecule has 1 aliphatic rings. The number of benzene rings is 1. The van der Waals surface area contributed by atoms with Crippen LogP contribution in [-0.4, -0.2) is 28.9 Å². The smallest absolute Gasteiger partial charge is 0.272 e. The number of aromatic nitrogens is 1. The normalized spacial score (nSPS) is 17.6. The number of nitrogens with zero attached hydrogens (tertiary/aromatic N) is 2. The molecular weight excluding hydrogens is 328 g/mol. The number of amides is 1. The van der Waals surface area contributed by atoms with Gasteiger partial charge < -0.3 is 4.90 Å². The van der Waals surface area contributed by atoms with E-state index in [1.54, 1.807) is 11.8 Å². The number of hydrogen-bond donors (Lipinski definition) is 0. The van der Waals surface area contributed by atoms with E-state index in [-0.39, 0.29) is 5.91 Å². The number of thioether (sulfide) groups is 1. The molecule has 1 unspecified atom stereocenters. The highest BCUT2D eigenvalue weighted by Gasteiger charge is 2.22. The molecule has 3 nitrogen and oxygen atoms in total. The molecule has 1 atom stereocenters. The predicted octanol–water partition coefficient (Wildman–Crippen LogP) is 4.86. The fourth-order valence-corrected chi connectivity index (χ4v) is 4.24. The van der Waals surface area contributed by atoms with Gasteiger partial charge in [0.15, 0.2) is 0 Å². The Morgan fingerprint density at radius 1 is 1.28 bits per heavy atom. The lowest BCUT2D eigenvalue weighted by Gasteiger charge is -2.30. The predicted molar refractivity (Wildman–Crippen MR) is 104 cm³/mol. The SMILES string of the molecule is Cc1ccc(SCc2cccc(C(=O)N3CCCC(C)C3)n2)c(C)c1. The summed E-state index contributed by atoms with van der Waals surface area (Å²) in [4.78, 5) is 20.6. The fourth-order valence-electron chi connectivity index (χ4n) is 3.33. The lowest BCUT2D eigenvalue weighted by molar-refractivity contribution is 0.0677. The first-order chi connectivity index (χ1) is 12.0. The number of hydrogen-bond acceptors (Lipinski definition) is 3. The number of carbonyl (C=O) groups is 1. The quantitative estimate of drug-likeness (QED) is 0.735. The molecule has 2 aromatic rings. The zero-order chi connectivity index (χ0) is 17.8. The summed E-state index contributed by atoms with van der Waals surface area (Å²) in [6.07, 6.45) is 2.30. The number of aryl methyl sites for hydroxylation is 2. The van der Waals surface area contributed by atoms with Crippen molar-refractivity contribution in [3.63, 3.8) is 0 Å². The van der Waals surface area contributed by atoms with Crippen molar-refractivity contribution in [1.29, 1.82) is 0 Å². The summed E-state index contributed by atoms with van der Waals surface area (Å²) in [5, 5.41) is 0. The van der Waals surface area contributed by atoms with Gasteiger partial charge in [0.2, 0.25) is 0 Å². The highest BCUT2D eigenvalue weighted by molar-refractivity contribution is 7.98. The summed E-state index contributed by atoms with van der Waals surface area (Å²) in [6, 6.07) is 12.3. The molecule has 3 rings (SSSR count). The Labute approximate surface area is 154 Å². The van der Waals surface area contributed by atoms with Crippen LogP contribution in [0.25, 0.3) is 0 Å². The lowest BCUT2D eigenvalue weighted by atomic mass is 10.00. The highest BCUT2D eigenvalue weighted by Crippen LogP contribution is 2.26. The van der Waals surface area contributed by atoms with Gasteiger partial charge in [0.1, 0.15) is 5.69 Å². The maximum absolute atomic E-state index is 12.7. The molecule has 1 fully saturated rings. The second-order valence-electron chi connectivity index (χ2n) is 7.07. The van der Waals surface area contributed by atoms with E-state index >= 15 is 0 Å². The summed E-state index contributed by atoms with van der Waals surface area (Å²) in [5.41, 5.74) is 4.11. The second-order valence-corrected chi connectivity index (χ2v) is 8.09. The Morgan fingerprint density at radius 2 is 2.12 bits per heavy atom. The van der Waals surface area contributed by atoms with E-state index in [0.29, 0.717) is 11.6 Å². The molecule has 25 heavy (non-hydrogen) atoms. The van der Waals surface area contributed by atoms with Crippen LogP contribution in [0.4, 0.5) is 0 Å². The second kappa shape index (κ2) is 8.05. The van der Waals surface area contributed by atoms with Gasteiger partial charge in [-0.2, -0.15) is 0 Å².